The van der Waals surface area contributed by atoms with Crippen molar-refractivity contribution in [2.75, 3.05) is 18.2 Å². The molecule has 8 nitrogen and oxygen atoms in total. The molecule has 0 saturated heterocycles. The van der Waals surface area contributed by atoms with Gasteiger partial charge in [-0.3, -0.25) is 9.59 Å². The Bertz CT molecular complexity index is 1160. The number of thioether (sulfide) groups is 1. The van der Waals surface area contributed by atoms with Crippen molar-refractivity contribution in [3.63, 3.8) is 0 Å². The van der Waals surface area contributed by atoms with Crippen LogP contribution in [-0.4, -0.2) is 37.2 Å². The van der Waals surface area contributed by atoms with Crippen LogP contribution in [0.2, 0.25) is 0 Å². The maximum atomic E-state index is 12.7. The number of carbonyl (C=O) groups is 1. The number of carbonyl (C=O) groups excluding carboxylic acids is 1. The first-order chi connectivity index (χ1) is 13.9. The summed E-state index contributed by atoms with van der Waals surface area (Å²) in [7, 11) is -2.57. The molecule has 1 aromatic heterocycles. The number of hydrogen-bond donors (Lipinski definition) is 2. The first kappa shape index (κ1) is 20.6. The Balaban J connectivity index is 1.71. The number of rotatable bonds is 7. The van der Waals surface area contributed by atoms with Crippen molar-refractivity contribution in [2.24, 2.45) is 0 Å². The molecule has 0 bridgehead atoms. The fourth-order valence-electron chi connectivity index (χ4n) is 2.37. The molecule has 3 aromatic rings. The molecule has 150 valence electrons. The van der Waals surface area contributed by atoms with Gasteiger partial charge < -0.3 is 15.0 Å². The van der Waals surface area contributed by atoms with Gasteiger partial charge in [0.25, 0.3) is 5.56 Å². The normalized spacial score (nSPS) is 11.1. The average Bonchev–Trinajstić information content (AvgIpc) is 2.73. The molecule has 3 rings (SSSR count). The summed E-state index contributed by atoms with van der Waals surface area (Å²) in [6.07, 6.45) is 0.996. The monoisotopic (exact) mass is 431 g/mol. The van der Waals surface area contributed by atoms with E-state index >= 15 is 0 Å². The van der Waals surface area contributed by atoms with Gasteiger partial charge in [0.2, 0.25) is 15.7 Å². The number of benzene rings is 2. The minimum Gasteiger partial charge on any atom is -0.497 e. The van der Waals surface area contributed by atoms with E-state index in [1.165, 1.54) is 31.4 Å². The molecule has 2 aromatic carbocycles. The van der Waals surface area contributed by atoms with Gasteiger partial charge in [0.1, 0.15) is 5.75 Å². The van der Waals surface area contributed by atoms with Gasteiger partial charge in [-0.25, -0.2) is 13.4 Å². The number of methoxy groups -OCH3 is 1. The van der Waals surface area contributed by atoms with E-state index in [-0.39, 0.29) is 21.7 Å². The number of para-hydroxylation sites is 1. The fraction of sp³-hybridized carbons (Fsp3) is 0.105. The predicted octanol–water partition coefficient (Wildman–Crippen LogP) is 2.34. The standard InChI is InChI=1S/C19H17N3O5S2/c1-27-14-7-9-15(10-8-14)29(25,26)16-11-20-19(22-18(16)24)28-12-17(23)21-13-5-3-2-4-6-13/h2-11H,12H2,1H3,(H,21,23)(H,20,22,24). The fourth-order valence-corrected chi connectivity index (χ4v) is 4.23. The summed E-state index contributed by atoms with van der Waals surface area (Å²) in [6.45, 7) is 0. The predicted molar refractivity (Wildman–Crippen MR) is 109 cm³/mol. The Kier molecular flexibility index (Phi) is 6.35. The molecular formula is C19H17N3O5S2. The maximum Gasteiger partial charge on any atom is 0.270 e. The summed E-state index contributed by atoms with van der Waals surface area (Å²) in [5, 5.41) is 2.85. The summed E-state index contributed by atoms with van der Waals surface area (Å²) in [6, 6.07) is 14.6. The number of nitrogens with one attached hydrogen (secondary N) is 2. The number of aromatic nitrogens is 2. The molecular weight excluding hydrogens is 414 g/mol. The second kappa shape index (κ2) is 8.93. The smallest absolute Gasteiger partial charge is 0.270 e. The van der Waals surface area contributed by atoms with Crippen LogP contribution in [0.4, 0.5) is 5.69 Å². The second-order valence-electron chi connectivity index (χ2n) is 5.76. The summed E-state index contributed by atoms with van der Waals surface area (Å²) in [4.78, 5) is 30.1. The number of H-pyrrole nitrogens is 1. The molecule has 0 radical (unpaired) electrons. The molecule has 0 fully saturated rings. The molecule has 0 spiro atoms. The summed E-state index contributed by atoms with van der Waals surface area (Å²) >= 11 is 0.992. The van der Waals surface area contributed by atoms with E-state index in [4.69, 9.17) is 4.74 Å². The van der Waals surface area contributed by atoms with Crippen LogP contribution in [0, 0.1) is 0 Å². The molecule has 29 heavy (non-hydrogen) atoms. The lowest BCUT2D eigenvalue weighted by molar-refractivity contribution is -0.113. The molecule has 0 aliphatic heterocycles. The molecule has 0 atom stereocenters. The van der Waals surface area contributed by atoms with Crippen LogP contribution in [0.15, 0.2) is 80.5 Å². The number of anilines is 1. The Labute approximate surface area is 171 Å². The zero-order valence-electron chi connectivity index (χ0n) is 15.3. The van der Waals surface area contributed by atoms with Gasteiger partial charge in [0, 0.05) is 5.69 Å². The summed E-state index contributed by atoms with van der Waals surface area (Å²) in [5.74, 6) is 0.220. The highest BCUT2D eigenvalue weighted by molar-refractivity contribution is 7.99. The van der Waals surface area contributed by atoms with Crippen LogP contribution in [0.5, 0.6) is 5.75 Å². The largest absolute Gasteiger partial charge is 0.497 e. The number of aromatic amines is 1. The van der Waals surface area contributed by atoms with Crippen LogP contribution >= 0.6 is 11.8 Å². The highest BCUT2D eigenvalue weighted by Gasteiger charge is 2.22. The van der Waals surface area contributed by atoms with Crippen molar-refractivity contribution in [2.45, 2.75) is 14.9 Å². The van der Waals surface area contributed by atoms with Gasteiger partial charge in [-0.2, -0.15) is 0 Å². The van der Waals surface area contributed by atoms with Crippen LogP contribution in [0.25, 0.3) is 0 Å². The Morgan fingerprint density at radius 1 is 1.14 bits per heavy atom. The van der Waals surface area contributed by atoms with Crippen molar-refractivity contribution in [1.82, 2.24) is 9.97 Å². The summed E-state index contributed by atoms with van der Waals surface area (Å²) in [5.41, 5.74) is -0.151. The van der Waals surface area contributed by atoms with E-state index in [0.717, 1.165) is 18.0 Å². The lowest BCUT2D eigenvalue weighted by atomic mass is 10.3. The lowest BCUT2D eigenvalue weighted by Crippen LogP contribution is -2.20. The van der Waals surface area contributed by atoms with E-state index in [9.17, 15) is 18.0 Å². The number of amides is 1. The molecule has 0 aliphatic carbocycles. The third-order valence-electron chi connectivity index (χ3n) is 3.80. The number of nitrogens with zero attached hydrogens (tertiary/aromatic N) is 1. The van der Waals surface area contributed by atoms with Crippen LogP contribution in [0.1, 0.15) is 0 Å². The van der Waals surface area contributed by atoms with Gasteiger partial charge in [-0.15, -0.1) is 0 Å². The Hall–Kier alpha value is -3.11. The van der Waals surface area contributed by atoms with Gasteiger partial charge in [0.05, 0.1) is 24.0 Å². The second-order valence-corrected chi connectivity index (χ2v) is 8.65. The zero-order valence-corrected chi connectivity index (χ0v) is 16.9. The molecule has 1 amide bonds. The van der Waals surface area contributed by atoms with Crippen molar-refractivity contribution < 1.29 is 17.9 Å². The van der Waals surface area contributed by atoms with Gasteiger partial charge >= 0.3 is 0 Å². The Morgan fingerprint density at radius 3 is 2.45 bits per heavy atom. The van der Waals surface area contributed by atoms with E-state index in [1.807, 2.05) is 6.07 Å². The van der Waals surface area contributed by atoms with Gasteiger partial charge in [-0.1, -0.05) is 30.0 Å². The van der Waals surface area contributed by atoms with Crippen molar-refractivity contribution in [3.05, 3.63) is 71.1 Å². The van der Waals surface area contributed by atoms with E-state index in [0.29, 0.717) is 11.4 Å². The molecule has 10 heteroatoms. The lowest BCUT2D eigenvalue weighted by Gasteiger charge is -2.07. The minimum absolute atomic E-state index is 0.00239. The SMILES string of the molecule is COc1ccc(S(=O)(=O)c2cnc(SCC(=O)Nc3ccccc3)[nH]c2=O)cc1. The van der Waals surface area contributed by atoms with Gasteiger partial charge in [0.15, 0.2) is 10.1 Å². The molecule has 2 N–H and O–H groups in total. The number of hydrogen-bond acceptors (Lipinski definition) is 7. The minimum atomic E-state index is -4.03. The zero-order chi connectivity index (χ0) is 20.9. The molecule has 0 saturated carbocycles. The van der Waals surface area contributed by atoms with Crippen LogP contribution < -0.4 is 15.6 Å². The molecule has 0 aliphatic rings. The topological polar surface area (TPSA) is 118 Å². The average molecular weight is 431 g/mol. The van der Waals surface area contributed by atoms with Crippen LogP contribution in [-0.2, 0) is 14.6 Å². The van der Waals surface area contributed by atoms with Crippen molar-refractivity contribution in [3.8, 4) is 5.75 Å². The van der Waals surface area contributed by atoms with Crippen molar-refractivity contribution in [1.29, 1.82) is 0 Å². The van der Waals surface area contributed by atoms with Crippen LogP contribution in [0.3, 0.4) is 0 Å². The third-order valence-corrected chi connectivity index (χ3v) is 6.45. The first-order valence-electron chi connectivity index (χ1n) is 8.36. The highest BCUT2D eigenvalue weighted by atomic mass is 32.2. The number of sulfone groups is 1. The van der Waals surface area contributed by atoms with Crippen molar-refractivity contribution >= 4 is 33.2 Å². The first-order valence-corrected chi connectivity index (χ1v) is 10.8. The van der Waals surface area contributed by atoms with E-state index < -0.39 is 20.3 Å². The summed E-state index contributed by atoms with van der Waals surface area (Å²) < 4.78 is 30.3. The molecule has 0 unspecified atom stereocenters. The third kappa shape index (κ3) is 5.04. The quantitative estimate of drug-likeness (QED) is 0.435. The van der Waals surface area contributed by atoms with E-state index in [1.54, 1.807) is 24.3 Å². The van der Waals surface area contributed by atoms with Gasteiger partial charge in [-0.05, 0) is 36.4 Å². The maximum absolute atomic E-state index is 12.7. The van der Waals surface area contributed by atoms with E-state index in [2.05, 4.69) is 15.3 Å². The molecule has 1 heterocycles. The highest BCUT2D eigenvalue weighted by Crippen LogP contribution is 2.21. The Morgan fingerprint density at radius 2 is 1.83 bits per heavy atom. The number of ether oxygens (including phenoxy) is 1.